The van der Waals surface area contributed by atoms with Gasteiger partial charge in [0.2, 0.25) is 0 Å². The van der Waals surface area contributed by atoms with Gasteiger partial charge in [0.05, 0.1) is 10.6 Å². The molecule has 1 N–H and O–H groups in total. The molecule has 0 heterocycles. The van der Waals surface area contributed by atoms with Crippen LogP contribution in [0.4, 0.5) is 0 Å². The van der Waals surface area contributed by atoms with Crippen molar-refractivity contribution >= 4 is 45.0 Å². The first kappa shape index (κ1) is 15.8. The molecule has 1 aromatic carbocycles. The maximum atomic E-state index is 12.0. The summed E-state index contributed by atoms with van der Waals surface area (Å²) in [6.07, 6.45) is 0.988. The predicted octanol–water partition coefficient (Wildman–Crippen LogP) is 4.53. The summed E-state index contributed by atoms with van der Waals surface area (Å²) >= 11 is 15.2. The van der Waals surface area contributed by atoms with Crippen LogP contribution in [0.2, 0.25) is 10.0 Å². The Kier molecular flexibility index (Phi) is 5.96. The molecule has 0 unspecified atom stereocenters. The number of carbonyl (C=O) groups is 1. The van der Waals surface area contributed by atoms with Gasteiger partial charge in [0.1, 0.15) is 0 Å². The van der Waals surface area contributed by atoms with Gasteiger partial charge < -0.3 is 5.32 Å². The third-order valence-corrected chi connectivity index (χ3v) is 3.62. The summed E-state index contributed by atoms with van der Waals surface area (Å²) in [6, 6.07) is 4.87. The fourth-order valence-electron chi connectivity index (χ4n) is 1.43. The van der Waals surface area contributed by atoms with Crippen molar-refractivity contribution in [2.45, 2.75) is 20.3 Å². The molecule has 0 fully saturated rings. The zero-order valence-corrected chi connectivity index (χ0v) is 13.5. The van der Waals surface area contributed by atoms with Gasteiger partial charge in [-0.05, 0) is 30.0 Å². The highest BCUT2D eigenvalue weighted by molar-refractivity contribution is 9.09. The summed E-state index contributed by atoms with van der Waals surface area (Å²) in [4.78, 5) is 12.0. The number of carbonyl (C=O) groups excluding carboxylic acids is 1. The summed E-state index contributed by atoms with van der Waals surface area (Å²) in [5.41, 5.74) is 0.508. The van der Waals surface area contributed by atoms with Gasteiger partial charge in [-0.25, -0.2) is 0 Å². The van der Waals surface area contributed by atoms with Gasteiger partial charge in [0, 0.05) is 16.9 Å². The molecule has 0 radical (unpaired) electrons. The van der Waals surface area contributed by atoms with Crippen LogP contribution >= 0.6 is 39.1 Å². The fraction of sp³-hybridized carbons (Fsp3) is 0.462. The van der Waals surface area contributed by atoms with E-state index in [0.717, 1.165) is 11.8 Å². The molecule has 0 aliphatic rings. The number of benzene rings is 1. The number of rotatable bonds is 5. The third-order valence-electron chi connectivity index (χ3n) is 2.67. The van der Waals surface area contributed by atoms with E-state index in [1.807, 2.05) is 0 Å². The van der Waals surface area contributed by atoms with Gasteiger partial charge in [-0.15, -0.1) is 0 Å². The van der Waals surface area contributed by atoms with E-state index in [4.69, 9.17) is 23.2 Å². The molecule has 0 aromatic heterocycles. The molecule has 0 atom stereocenters. The minimum atomic E-state index is -0.167. The van der Waals surface area contributed by atoms with Crippen LogP contribution in [0.15, 0.2) is 18.2 Å². The summed E-state index contributed by atoms with van der Waals surface area (Å²) in [5.74, 6) is -0.167. The number of hydrogen-bond donors (Lipinski definition) is 1. The molecule has 0 aliphatic carbocycles. The van der Waals surface area contributed by atoms with Crippen molar-refractivity contribution in [2.24, 2.45) is 5.41 Å². The Balaban J connectivity index is 2.66. The Morgan fingerprint density at radius 2 is 2.06 bits per heavy atom. The van der Waals surface area contributed by atoms with Crippen LogP contribution in [0, 0.1) is 5.41 Å². The molecule has 1 amide bonds. The van der Waals surface area contributed by atoms with Gasteiger partial charge in [-0.3, -0.25) is 4.79 Å². The molecular weight excluding hydrogens is 337 g/mol. The smallest absolute Gasteiger partial charge is 0.252 e. The standard InChI is InChI=1S/C13H16BrCl2NO/c1-13(2,5-6-14)8-17-12(18)10-4-3-9(15)7-11(10)16/h3-4,7H,5-6,8H2,1-2H3,(H,17,18). The summed E-state index contributed by atoms with van der Waals surface area (Å²) < 4.78 is 0. The molecule has 5 heteroatoms. The van der Waals surface area contributed by atoms with Crippen molar-refractivity contribution in [3.8, 4) is 0 Å². The van der Waals surface area contributed by atoms with Crippen molar-refractivity contribution < 1.29 is 4.79 Å². The quantitative estimate of drug-likeness (QED) is 0.774. The van der Waals surface area contributed by atoms with Gasteiger partial charge in [-0.1, -0.05) is 53.0 Å². The second kappa shape index (κ2) is 6.78. The molecule has 0 saturated carbocycles. The van der Waals surface area contributed by atoms with Crippen LogP contribution in [0.3, 0.4) is 0 Å². The fourth-order valence-corrected chi connectivity index (χ4v) is 3.00. The van der Waals surface area contributed by atoms with E-state index in [0.29, 0.717) is 22.2 Å². The zero-order valence-electron chi connectivity index (χ0n) is 10.4. The Labute approximate surface area is 126 Å². The molecule has 1 aromatic rings. The lowest BCUT2D eigenvalue weighted by molar-refractivity contribution is 0.0936. The van der Waals surface area contributed by atoms with E-state index < -0.39 is 0 Å². The van der Waals surface area contributed by atoms with E-state index in [2.05, 4.69) is 35.1 Å². The topological polar surface area (TPSA) is 29.1 Å². The first-order valence-electron chi connectivity index (χ1n) is 5.65. The molecule has 18 heavy (non-hydrogen) atoms. The normalized spacial score (nSPS) is 11.4. The molecule has 0 saturated heterocycles. The number of nitrogens with one attached hydrogen (secondary N) is 1. The van der Waals surface area contributed by atoms with Crippen molar-refractivity contribution in [1.82, 2.24) is 5.32 Å². The van der Waals surface area contributed by atoms with Crippen molar-refractivity contribution in [3.05, 3.63) is 33.8 Å². The average molecular weight is 353 g/mol. The van der Waals surface area contributed by atoms with Gasteiger partial charge >= 0.3 is 0 Å². The maximum absolute atomic E-state index is 12.0. The number of alkyl halides is 1. The van der Waals surface area contributed by atoms with E-state index in [1.165, 1.54) is 0 Å². The Morgan fingerprint density at radius 1 is 1.39 bits per heavy atom. The Morgan fingerprint density at radius 3 is 2.61 bits per heavy atom. The van der Waals surface area contributed by atoms with Crippen LogP contribution in [0.1, 0.15) is 30.6 Å². The van der Waals surface area contributed by atoms with Crippen LogP contribution in [-0.2, 0) is 0 Å². The lowest BCUT2D eigenvalue weighted by Gasteiger charge is -2.24. The Hall–Kier alpha value is -0.250. The largest absolute Gasteiger partial charge is 0.351 e. The highest BCUT2D eigenvalue weighted by Crippen LogP contribution is 2.22. The van der Waals surface area contributed by atoms with Gasteiger partial charge in [0.15, 0.2) is 0 Å². The average Bonchev–Trinajstić information content (AvgIpc) is 2.26. The SMILES string of the molecule is CC(C)(CCBr)CNC(=O)c1ccc(Cl)cc1Cl. The van der Waals surface area contributed by atoms with E-state index in [9.17, 15) is 4.79 Å². The summed E-state index contributed by atoms with van der Waals surface area (Å²) in [5, 5.41) is 4.71. The predicted molar refractivity (Wildman–Crippen MR) is 81.0 cm³/mol. The third kappa shape index (κ3) is 4.79. The summed E-state index contributed by atoms with van der Waals surface area (Å²) in [6.45, 7) is 4.83. The first-order chi connectivity index (χ1) is 8.35. The molecule has 0 spiro atoms. The first-order valence-corrected chi connectivity index (χ1v) is 7.53. The van der Waals surface area contributed by atoms with Crippen molar-refractivity contribution in [1.29, 1.82) is 0 Å². The van der Waals surface area contributed by atoms with Crippen LogP contribution < -0.4 is 5.32 Å². The lowest BCUT2D eigenvalue weighted by atomic mass is 9.90. The van der Waals surface area contributed by atoms with E-state index in [-0.39, 0.29) is 11.3 Å². The van der Waals surface area contributed by atoms with Crippen LogP contribution in [0.25, 0.3) is 0 Å². The molecule has 1 rings (SSSR count). The molecule has 0 bridgehead atoms. The van der Waals surface area contributed by atoms with Gasteiger partial charge in [0.25, 0.3) is 5.91 Å². The maximum Gasteiger partial charge on any atom is 0.252 e. The molecule has 100 valence electrons. The molecular formula is C13H16BrCl2NO. The molecule has 0 aliphatic heterocycles. The van der Waals surface area contributed by atoms with Gasteiger partial charge in [-0.2, -0.15) is 0 Å². The summed E-state index contributed by atoms with van der Waals surface area (Å²) in [7, 11) is 0. The Bertz CT molecular complexity index is 435. The number of hydrogen-bond acceptors (Lipinski definition) is 1. The van der Waals surface area contributed by atoms with Crippen LogP contribution in [0.5, 0.6) is 0 Å². The van der Waals surface area contributed by atoms with Crippen LogP contribution in [-0.4, -0.2) is 17.8 Å². The minimum Gasteiger partial charge on any atom is -0.351 e. The highest BCUT2D eigenvalue weighted by Gasteiger charge is 2.19. The lowest BCUT2D eigenvalue weighted by Crippen LogP contribution is -2.34. The number of amides is 1. The highest BCUT2D eigenvalue weighted by atomic mass is 79.9. The zero-order chi connectivity index (χ0) is 13.8. The van der Waals surface area contributed by atoms with Crippen molar-refractivity contribution in [2.75, 3.05) is 11.9 Å². The number of halogens is 3. The minimum absolute atomic E-state index is 0.0536. The van der Waals surface area contributed by atoms with E-state index in [1.54, 1.807) is 18.2 Å². The molecule has 2 nitrogen and oxygen atoms in total. The second-order valence-corrected chi connectivity index (χ2v) is 6.55. The van der Waals surface area contributed by atoms with E-state index >= 15 is 0 Å². The van der Waals surface area contributed by atoms with Crippen molar-refractivity contribution in [3.63, 3.8) is 0 Å². The second-order valence-electron chi connectivity index (χ2n) is 4.91. The monoisotopic (exact) mass is 351 g/mol.